The van der Waals surface area contributed by atoms with E-state index in [1.807, 2.05) is 0 Å². The van der Waals surface area contributed by atoms with Crippen molar-refractivity contribution in [2.24, 2.45) is 0 Å². The number of hydrogen-bond acceptors (Lipinski definition) is 3. The molecule has 2 aromatic carbocycles. The van der Waals surface area contributed by atoms with Crippen LogP contribution >= 0.6 is 0 Å². The van der Waals surface area contributed by atoms with Gasteiger partial charge < -0.3 is 14.9 Å². The molecule has 0 bridgehead atoms. The van der Waals surface area contributed by atoms with Crippen LogP contribution < -0.4 is 4.74 Å². The third-order valence-corrected chi connectivity index (χ3v) is 2.42. The zero-order valence-corrected chi connectivity index (χ0v) is 9.54. The molecule has 0 amide bonds. The normalized spacial score (nSPS) is 10.1. The van der Waals surface area contributed by atoms with Crippen molar-refractivity contribution in [2.45, 2.75) is 6.61 Å². The molecule has 0 fully saturated rings. The second-order valence-electron chi connectivity index (χ2n) is 3.74. The van der Waals surface area contributed by atoms with Crippen molar-refractivity contribution in [1.82, 2.24) is 0 Å². The van der Waals surface area contributed by atoms with Crippen molar-refractivity contribution in [3.05, 3.63) is 59.7 Å². The molecule has 0 aliphatic heterocycles. The Kier molecular flexibility index (Phi) is 3.60. The predicted molar refractivity (Wildman–Crippen MR) is 65.8 cm³/mol. The number of carboxylic acid groups (broad SMARTS) is 1. The van der Waals surface area contributed by atoms with E-state index in [0.29, 0.717) is 11.5 Å². The molecule has 4 nitrogen and oxygen atoms in total. The lowest BCUT2D eigenvalue weighted by atomic mass is 10.2. The van der Waals surface area contributed by atoms with E-state index >= 15 is 0 Å². The zero-order valence-electron chi connectivity index (χ0n) is 9.54. The van der Waals surface area contributed by atoms with Gasteiger partial charge in [-0.05, 0) is 42.0 Å². The van der Waals surface area contributed by atoms with Crippen LogP contribution in [0.25, 0.3) is 0 Å². The van der Waals surface area contributed by atoms with Gasteiger partial charge in [0.2, 0.25) is 0 Å². The molecule has 0 saturated heterocycles. The molecule has 2 N–H and O–H groups in total. The Labute approximate surface area is 104 Å². The third-order valence-electron chi connectivity index (χ3n) is 2.42. The van der Waals surface area contributed by atoms with Crippen LogP contribution in [0.4, 0.5) is 0 Å². The molecule has 4 heteroatoms. The van der Waals surface area contributed by atoms with Crippen molar-refractivity contribution in [2.75, 3.05) is 0 Å². The molecule has 0 aromatic heterocycles. The summed E-state index contributed by atoms with van der Waals surface area (Å²) < 4.78 is 5.55. The van der Waals surface area contributed by atoms with Crippen LogP contribution in [0.1, 0.15) is 15.9 Å². The number of carbonyl (C=O) groups is 1. The molecule has 0 aliphatic carbocycles. The lowest BCUT2D eigenvalue weighted by molar-refractivity contribution is 0.0697. The number of carboxylic acids is 1. The molecular formula is C14H12O4. The van der Waals surface area contributed by atoms with Gasteiger partial charge in [-0.2, -0.15) is 0 Å². The smallest absolute Gasteiger partial charge is 0.335 e. The summed E-state index contributed by atoms with van der Waals surface area (Å²) in [4.78, 5) is 10.7. The predicted octanol–water partition coefficient (Wildman–Crippen LogP) is 2.67. The fraction of sp³-hybridized carbons (Fsp3) is 0.0714. The van der Waals surface area contributed by atoms with Gasteiger partial charge in [0.25, 0.3) is 0 Å². The molecule has 2 aromatic rings. The Bertz CT molecular complexity index is 546. The van der Waals surface area contributed by atoms with Crippen LogP contribution in [0.3, 0.4) is 0 Å². The molecule has 0 spiro atoms. The summed E-state index contributed by atoms with van der Waals surface area (Å²) in [6.45, 7) is -0.0465. The number of aliphatic hydroxyl groups excluding tert-OH is 1. The van der Waals surface area contributed by atoms with Crippen molar-refractivity contribution in [3.63, 3.8) is 0 Å². The van der Waals surface area contributed by atoms with Gasteiger partial charge in [0.15, 0.2) is 0 Å². The van der Waals surface area contributed by atoms with Crippen LogP contribution in [0.5, 0.6) is 11.5 Å². The van der Waals surface area contributed by atoms with Gasteiger partial charge >= 0.3 is 5.97 Å². The second kappa shape index (κ2) is 5.33. The van der Waals surface area contributed by atoms with E-state index in [0.717, 1.165) is 5.56 Å². The fourth-order valence-corrected chi connectivity index (χ4v) is 1.51. The van der Waals surface area contributed by atoms with Gasteiger partial charge in [-0.1, -0.05) is 12.1 Å². The molecule has 0 unspecified atom stereocenters. The minimum atomic E-state index is -0.969. The van der Waals surface area contributed by atoms with Crippen molar-refractivity contribution < 1.29 is 19.7 Å². The number of aliphatic hydroxyl groups is 1. The Hall–Kier alpha value is -2.33. The minimum absolute atomic E-state index is 0.0465. The molecule has 18 heavy (non-hydrogen) atoms. The highest BCUT2D eigenvalue weighted by molar-refractivity contribution is 5.87. The van der Waals surface area contributed by atoms with E-state index in [2.05, 4.69) is 0 Å². The topological polar surface area (TPSA) is 66.8 Å². The summed E-state index contributed by atoms with van der Waals surface area (Å²) in [5.74, 6) is 0.184. The minimum Gasteiger partial charge on any atom is -0.478 e. The quantitative estimate of drug-likeness (QED) is 0.867. The van der Waals surface area contributed by atoms with Gasteiger partial charge in [0.1, 0.15) is 11.5 Å². The monoisotopic (exact) mass is 244 g/mol. The first kappa shape index (κ1) is 12.1. The fourth-order valence-electron chi connectivity index (χ4n) is 1.51. The number of rotatable bonds is 4. The number of ether oxygens (including phenoxy) is 1. The molecule has 0 heterocycles. The first-order chi connectivity index (χ1) is 8.69. The maximum atomic E-state index is 10.7. The SMILES string of the molecule is O=C(O)c1ccc(Oc2cccc(CO)c2)cc1. The van der Waals surface area contributed by atoms with Crippen molar-refractivity contribution >= 4 is 5.97 Å². The van der Waals surface area contributed by atoms with Crippen LogP contribution in [-0.4, -0.2) is 16.2 Å². The highest BCUT2D eigenvalue weighted by atomic mass is 16.5. The highest BCUT2D eigenvalue weighted by Crippen LogP contribution is 2.22. The Balaban J connectivity index is 2.15. The van der Waals surface area contributed by atoms with Gasteiger partial charge in [-0.3, -0.25) is 0 Å². The molecule has 0 aliphatic rings. The van der Waals surface area contributed by atoms with Gasteiger partial charge in [-0.25, -0.2) is 4.79 Å². The molecule has 0 atom stereocenters. The number of hydrogen-bond donors (Lipinski definition) is 2. The Morgan fingerprint density at radius 1 is 1.06 bits per heavy atom. The lowest BCUT2D eigenvalue weighted by Crippen LogP contribution is -1.95. The van der Waals surface area contributed by atoms with Crippen LogP contribution in [-0.2, 0) is 6.61 Å². The average Bonchev–Trinajstić information content (AvgIpc) is 2.39. The Morgan fingerprint density at radius 2 is 1.78 bits per heavy atom. The summed E-state index contributed by atoms with van der Waals surface area (Å²) in [5.41, 5.74) is 0.973. The molecule has 0 saturated carbocycles. The van der Waals surface area contributed by atoms with Crippen LogP contribution in [0, 0.1) is 0 Å². The van der Waals surface area contributed by atoms with E-state index in [1.165, 1.54) is 12.1 Å². The lowest BCUT2D eigenvalue weighted by Gasteiger charge is -2.07. The summed E-state index contributed by atoms with van der Waals surface area (Å²) in [5, 5.41) is 17.8. The van der Waals surface area contributed by atoms with E-state index in [-0.39, 0.29) is 12.2 Å². The first-order valence-corrected chi connectivity index (χ1v) is 5.40. The van der Waals surface area contributed by atoms with Crippen LogP contribution in [0.15, 0.2) is 48.5 Å². The molecule has 92 valence electrons. The summed E-state index contributed by atoms with van der Waals surface area (Å²) in [6, 6.07) is 13.2. The average molecular weight is 244 g/mol. The van der Waals surface area contributed by atoms with Crippen molar-refractivity contribution in [1.29, 1.82) is 0 Å². The molecule has 2 rings (SSSR count). The van der Waals surface area contributed by atoms with E-state index in [1.54, 1.807) is 36.4 Å². The maximum absolute atomic E-state index is 10.7. The first-order valence-electron chi connectivity index (χ1n) is 5.40. The van der Waals surface area contributed by atoms with Crippen molar-refractivity contribution in [3.8, 4) is 11.5 Å². The zero-order chi connectivity index (χ0) is 13.0. The third kappa shape index (κ3) is 2.87. The van der Waals surface area contributed by atoms with E-state index in [9.17, 15) is 4.79 Å². The van der Waals surface area contributed by atoms with Gasteiger partial charge in [0, 0.05) is 0 Å². The van der Waals surface area contributed by atoms with Gasteiger partial charge in [-0.15, -0.1) is 0 Å². The highest BCUT2D eigenvalue weighted by Gasteiger charge is 2.03. The number of aromatic carboxylic acids is 1. The standard InChI is InChI=1S/C14H12O4/c15-9-10-2-1-3-13(8-10)18-12-6-4-11(5-7-12)14(16)17/h1-8,15H,9H2,(H,16,17). The number of benzene rings is 2. The molecule has 0 radical (unpaired) electrons. The van der Waals surface area contributed by atoms with Crippen LogP contribution in [0.2, 0.25) is 0 Å². The largest absolute Gasteiger partial charge is 0.478 e. The summed E-state index contributed by atoms with van der Waals surface area (Å²) in [7, 11) is 0. The van der Waals surface area contributed by atoms with E-state index in [4.69, 9.17) is 14.9 Å². The second-order valence-corrected chi connectivity index (χ2v) is 3.74. The van der Waals surface area contributed by atoms with Gasteiger partial charge in [0.05, 0.1) is 12.2 Å². The maximum Gasteiger partial charge on any atom is 0.335 e. The summed E-state index contributed by atoms with van der Waals surface area (Å²) in [6.07, 6.45) is 0. The molecular weight excluding hydrogens is 232 g/mol. The summed E-state index contributed by atoms with van der Waals surface area (Å²) >= 11 is 0. The Morgan fingerprint density at radius 3 is 2.39 bits per heavy atom. The van der Waals surface area contributed by atoms with E-state index < -0.39 is 5.97 Å².